The molecule has 1 aliphatic rings. The molecule has 2 aromatic heterocycles. The maximum absolute atomic E-state index is 6.38. The van der Waals surface area contributed by atoms with Crippen LogP contribution in [0.1, 0.15) is 5.76 Å². The fourth-order valence-electron chi connectivity index (χ4n) is 7.28. The topological polar surface area (TPSA) is 41.6 Å². The lowest BCUT2D eigenvalue weighted by molar-refractivity contribution is 0.602. The van der Waals surface area contributed by atoms with Gasteiger partial charge in [-0.15, -0.1) is 0 Å². The molecular formula is C45H30N2O2. The van der Waals surface area contributed by atoms with Crippen LogP contribution in [-0.2, 0) is 0 Å². The molecule has 0 spiro atoms. The molecule has 10 rings (SSSR count). The SMILES string of the molecule is C1=CC(N(c2ccc(-c3ccccc3)cc2)c2ccc(-c3cccc4c3oc3ccccc34)cc2)Nc2c1oc1cc3ccccc3cc21. The van der Waals surface area contributed by atoms with Gasteiger partial charge in [-0.05, 0) is 82.1 Å². The normalized spacial score (nSPS) is 14.0. The van der Waals surface area contributed by atoms with E-state index in [9.17, 15) is 0 Å². The number of para-hydroxylation sites is 2. The van der Waals surface area contributed by atoms with Crippen molar-refractivity contribution in [2.24, 2.45) is 0 Å². The van der Waals surface area contributed by atoms with Crippen LogP contribution in [0.5, 0.6) is 0 Å². The molecule has 0 bridgehead atoms. The van der Waals surface area contributed by atoms with E-state index in [2.05, 4.69) is 168 Å². The largest absolute Gasteiger partial charge is 0.455 e. The van der Waals surface area contributed by atoms with Crippen molar-refractivity contribution in [3.05, 3.63) is 170 Å². The molecule has 0 fully saturated rings. The van der Waals surface area contributed by atoms with Crippen molar-refractivity contribution < 1.29 is 8.83 Å². The van der Waals surface area contributed by atoms with Crippen molar-refractivity contribution in [2.45, 2.75) is 6.17 Å². The molecule has 232 valence electrons. The van der Waals surface area contributed by atoms with Crippen LogP contribution in [0, 0.1) is 0 Å². The Bertz CT molecular complexity index is 2680. The number of hydrogen-bond donors (Lipinski definition) is 1. The molecule has 0 aliphatic carbocycles. The lowest BCUT2D eigenvalue weighted by Crippen LogP contribution is -2.37. The summed E-state index contributed by atoms with van der Waals surface area (Å²) in [7, 11) is 0. The lowest BCUT2D eigenvalue weighted by atomic mass is 10.0. The van der Waals surface area contributed by atoms with Gasteiger partial charge in [-0.2, -0.15) is 0 Å². The zero-order chi connectivity index (χ0) is 32.3. The van der Waals surface area contributed by atoms with Crippen LogP contribution in [0.4, 0.5) is 17.1 Å². The summed E-state index contributed by atoms with van der Waals surface area (Å²) in [6.45, 7) is 0. The van der Waals surface area contributed by atoms with Crippen molar-refractivity contribution in [3.8, 4) is 22.3 Å². The summed E-state index contributed by atoms with van der Waals surface area (Å²) in [6.07, 6.45) is 4.12. The van der Waals surface area contributed by atoms with Crippen LogP contribution < -0.4 is 10.2 Å². The van der Waals surface area contributed by atoms with Crippen LogP contribution in [0.15, 0.2) is 173 Å². The third kappa shape index (κ3) is 4.61. The van der Waals surface area contributed by atoms with Crippen molar-refractivity contribution in [1.82, 2.24) is 0 Å². The van der Waals surface area contributed by atoms with Gasteiger partial charge in [-0.1, -0.05) is 115 Å². The minimum Gasteiger partial charge on any atom is -0.455 e. The molecule has 1 aliphatic heterocycles. The van der Waals surface area contributed by atoms with Crippen LogP contribution in [0.25, 0.3) is 72.0 Å². The second-order valence-corrected chi connectivity index (χ2v) is 12.6. The molecule has 9 aromatic rings. The first-order valence-corrected chi connectivity index (χ1v) is 16.6. The Labute approximate surface area is 283 Å². The Morgan fingerprint density at radius 1 is 0.490 bits per heavy atom. The number of fused-ring (bicyclic) bond motifs is 7. The van der Waals surface area contributed by atoms with Crippen molar-refractivity contribution >= 4 is 66.8 Å². The number of anilines is 3. The summed E-state index contributed by atoms with van der Waals surface area (Å²) in [5, 5.41) is 9.54. The third-order valence-corrected chi connectivity index (χ3v) is 9.70. The first kappa shape index (κ1) is 27.6. The van der Waals surface area contributed by atoms with Crippen LogP contribution in [0.3, 0.4) is 0 Å². The van der Waals surface area contributed by atoms with Gasteiger partial charge in [0.1, 0.15) is 22.9 Å². The molecule has 0 amide bonds. The highest BCUT2D eigenvalue weighted by Crippen LogP contribution is 2.41. The smallest absolute Gasteiger partial charge is 0.151 e. The predicted octanol–water partition coefficient (Wildman–Crippen LogP) is 12.4. The van der Waals surface area contributed by atoms with Gasteiger partial charge >= 0.3 is 0 Å². The van der Waals surface area contributed by atoms with Crippen LogP contribution in [0.2, 0.25) is 0 Å². The number of nitrogens with one attached hydrogen (secondary N) is 1. The highest BCUT2D eigenvalue weighted by molar-refractivity contribution is 6.09. The highest BCUT2D eigenvalue weighted by Gasteiger charge is 2.26. The van der Waals surface area contributed by atoms with Gasteiger partial charge in [0, 0.05) is 33.1 Å². The zero-order valence-corrected chi connectivity index (χ0v) is 26.5. The summed E-state index contributed by atoms with van der Waals surface area (Å²) in [4.78, 5) is 2.35. The number of rotatable bonds is 5. The summed E-state index contributed by atoms with van der Waals surface area (Å²) in [5.41, 5.74) is 10.4. The quantitative estimate of drug-likeness (QED) is 0.205. The molecule has 1 N–H and O–H groups in total. The van der Waals surface area contributed by atoms with E-state index in [-0.39, 0.29) is 6.17 Å². The summed E-state index contributed by atoms with van der Waals surface area (Å²) in [6, 6.07) is 55.5. The molecule has 0 saturated carbocycles. The number of benzene rings is 7. The van der Waals surface area contributed by atoms with Crippen molar-refractivity contribution in [2.75, 3.05) is 10.2 Å². The van der Waals surface area contributed by atoms with Crippen LogP contribution in [-0.4, -0.2) is 6.17 Å². The maximum Gasteiger partial charge on any atom is 0.151 e. The summed E-state index contributed by atoms with van der Waals surface area (Å²) >= 11 is 0. The maximum atomic E-state index is 6.38. The van der Waals surface area contributed by atoms with Gasteiger partial charge in [0.15, 0.2) is 5.76 Å². The average Bonchev–Trinajstić information content (AvgIpc) is 3.73. The first-order chi connectivity index (χ1) is 24.3. The minimum atomic E-state index is -0.160. The Balaban J connectivity index is 1.06. The van der Waals surface area contributed by atoms with E-state index in [4.69, 9.17) is 8.83 Å². The number of hydrogen-bond acceptors (Lipinski definition) is 4. The van der Waals surface area contributed by atoms with Gasteiger partial charge < -0.3 is 19.1 Å². The van der Waals surface area contributed by atoms with E-state index in [0.29, 0.717) is 0 Å². The molecule has 7 aromatic carbocycles. The Hall–Kier alpha value is -6.52. The number of furan rings is 2. The summed E-state index contributed by atoms with van der Waals surface area (Å²) < 4.78 is 12.7. The van der Waals surface area contributed by atoms with Crippen LogP contribution >= 0.6 is 0 Å². The molecule has 49 heavy (non-hydrogen) atoms. The summed E-state index contributed by atoms with van der Waals surface area (Å²) in [5.74, 6) is 0.843. The molecule has 0 radical (unpaired) electrons. The predicted molar refractivity (Wildman–Crippen MR) is 203 cm³/mol. The van der Waals surface area contributed by atoms with Crippen molar-refractivity contribution in [3.63, 3.8) is 0 Å². The Morgan fingerprint density at radius 2 is 1.14 bits per heavy atom. The fraction of sp³-hybridized carbons (Fsp3) is 0.0222. The molecule has 1 atom stereocenters. The van der Waals surface area contributed by atoms with Gasteiger partial charge in [0.25, 0.3) is 0 Å². The second-order valence-electron chi connectivity index (χ2n) is 12.6. The standard InChI is InChI=1S/C45H30N2O2/c1-2-9-29(10-3-1)30-17-21-34(22-18-30)47(43-26-25-41-44(46-43)39-27-32-11-4-5-12-33(32)28-42(39)48-41)35-23-19-31(20-24-35)36-14-8-15-38-37-13-6-7-16-40(37)49-45(36)38/h1-28,43,46H. The third-order valence-electron chi connectivity index (χ3n) is 9.70. The molecule has 0 saturated heterocycles. The van der Waals surface area contributed by atoms with Gasteiger partial charge in [-0.3, -0.25) is 0 Å². The highest BCUT2D eigenvalue weighted by atomic mass is 16.3. The average molecular weight is 631 g/mol. The van der Waals surface area contributed by atoms with Gasteiger partial charge in [-0.25, -0.2) is 0 Å². The number of nitrogens with zero attached hydrogens (tertiary/aromatic N) is 1. The fourth-order valence-corrected chi connectivity index (χ4v) is 7.28. The van der Waals surface area contributed by atoms with Gasteiger partial charge in [0.2, 0.25) is 0 Å². The minimum absolute atomic E-state index is 0.160. The first-order valence-electron chi connectivity index (χ1n) is 16.6. The zero-order valence-electron chi connectivity index (χ0n) is 26.5. The van der Waals surface area contributed by atoms with Crippen molar-refractivity contribution in [1.29, 1.82) is 0 Å². The van der Waals surface area contributed by atoms with E-state index >= 15 is 0 Å². The van der Waals surface area contributed by atoms with E-state index in [1.165, 1.54) is 21.9 Å². The molecule has 4 nitrogen and oxygen atoms in total. The second kappa shape index (κ2) is 11.0. The monoisotopic (exact) mass is 630 g/mol. The van der Waals surface area contributed by atoms with E-state index < -0.39 is 0 Å². The molecule has 4 heteroatoms. The Morgan fingerprint density at radius 3 is 1.94 bits per heavy atom. The molecular weight excluding hydrogens is 601 g/mol. The molecule has 1 unspecified atom stereocenters. The van der Waals surface area contributed by atoms with E-state index in [1.807, 2.05) is 12.1 Å². The van der Waals surface area contributed by atoms with Gasteiger partial charge in [0.05, 0.1) is 5.69 Å². The Kier molecular flexibility index (Phi) is 6.21. The molecule has 3 heterocycles. The van der Waals surface area contributed by atoms with E-state index in [1.54, 1.807) is 0 Å². The van der Waals surface area contributed by atoms with E-state index in [0.717, 1.165) is 66.9 Å². The lowest BCUT2D eigenvalue weighted by Gasteiger charge is -2.34.